The zero-order valence-electron chi connectivity index (χ0n) is 12.1. The van der Waals surface area contributed by atoms with Gasteiger partial charge in [0.05, 0.1) is 0 Å². The number of hydrogen-bond acceptors (Lipinski definition) is 2. The molecule has 1 saturated carbocycles. The van der Waals surface area contributed by atoms with Crippen LogP contribution >= 0.6 is 0 Å². The summed E-state index contributed by atoms with van der Waals surface area (Å²) >= 11 is 0. The lowest BCUT2D eigenvalue weighted by Gasteiger charge is -2.36. The summed E-state index contributed by atoms with van der Waals surface area (Å²) in [6.07, 6.45) is 7.03. The number of ether oxygens (including phenoxy) is 1. The maximum Gasteiger partial charge on any atom is 0.124 e. The average molecular weight is 259 g/mol. The SMILES string of the molecule is CCNC1CC(C2CCCC2)Oc2ccc(C)cc21. The molecular formula is C17H25NO. The highest BCUT2D eigenvalue weighted by Crippen LogP contribution is 2.41. The normalized spacial score (nSPS) is 27.1. The van der Waals surface area contributed by atoms with Gasteiger partial charge in [-0.05, 0) is 38.3 Å². The predicted octanol–water partition coefficient (Wildman–Crippen LogP) is 3.99. The lowest BCUT2D eigenvalue weighted by molar-refractivity contribution is 0.0950. The van der Waals surface area contributed by atoms with Crippen molar-refractivity contribution in [3.05, 3.63) is 29.3 Å². The van der Waals surface area contributed by atoms with Crippen LogP contribution in [0.1, 0.15) is 56.2 Å². The zero-order chi connectivity index (χ0) is 13.2. The van der Waals surface area contributed by atoms with Crippen LogP contribution in [0.25, 0.3) is 0 Å². The van der Waals surface area contributed by atoms with E-state index in [0.717, 1.165) is 24.6 Å². The van der Waals surface area contributed by atoms with E-state index in [-0.39, 0.29) is 0 Å². The molecular weight excluding hydrogens is 234 g/mol. The Balaban J connectivity index is 1.85. The van der Waals surface area contributed by atoms with Gasteiger partial charge in [-0.15, -0.1) is 0 Å². The molecule has 1 N–H and O–H groups in total. The fourth-order valence-corrected chi connectivity index (χ4v) is 3.68. The van der Waals surface area contributed by atoms with Crippen LogP contribution in [0.5, 0.6) is 5.75 Å². The molecule has 1 aliphatic heterocycles. The van der Waals surface area contributed by atoms with Crippen molar-refractivity contribution in [3.63, 3.8) is 0 Å². The molecule has 1 heterocycles. The average Bonchev–Trinajstić information content (AvgIpc) is 2.93. The van der Waals surface area contributed by atoms with E-state index >= 15 is 0 Å². The van der Waals surface area contributed by atoms with Gasteiger partial charge in [0, 0.05) is 18.0 Å². The van der Waals surface area contributed by atoms with Crippen molar-refractivity contribution in [1.29, 1.82) is 0 Å². The second-order valence-electron chi connectivity index (χ2n) is 6.09. The maximum atomic E-state index is 6.31. The summed E-state index contributed by atoms with van der Waals surface area (Å²) in [6, 6.07) is 7.09. The minimum atomic E-state index is 0.418. The molecule has 1 fully saturated rings. The quantitative estimate of drug-likeness (QED) is 0.886. The summed E-state index contributed by atoms with van der Waals surface area (Å²) in [7, 11) is 0. The van der Waals surface area contributed by atoms with Crippen LogP contribution in [-0.2, 0) is 0 Å². The van der Waals surface area contributed by atoms with Gasteiger partial charge in [-0.3, -0.25) is 0 Å². The molecule has 0 amide bonds. The van der Waals surface area contributed by atoms with Crippen molar-refractivity contribution in [2.75, 3.05) is 6.54 Å². The first-order valence-corrected chi connectivity index (χ1v) is 7.78. The molecule has 2 heteroatoms. The predicted molar refractivity (Wildman–Crippen MR) is 78.6 cm³/mol. The minimum Gasteiger partial charge on any atom is -0.490 e. The Bertz CT molecular complexity index is 437. The van der Waals surface area contributed by atoms with E-state index in [9.17, 15) is 0 Å². The topological polar surface area (TPSA) is 21.3 Å². The van der Waals surface area contributed by atoms with Gasteiger partial charge in [-0.2, -0.15) is 0 Å². The van der Waals surface area contributed by atoms with Crippen LogP contribution in [-0.4, -0.2) is 12.6 Å². The van der Waals surface area contributed by atoms with E-state index in [0.29, 0.717) is 12.1 Å². The number of benzene rings is 1. The fourth-order valence-electron chi connectivity index (χ4n) is 3.68. The van der Waals surface area contributed by atoms with Crippen LogP contribution in [0, 0.1) is 12.8 Å². The van der Waals surface area contributed by atoms with Crippen molar-refractivity contribution in [3.8, 4) is 5.75 Å². The smallest absolute Gasteiger partial charge is 0.124 e. The maximum absolute atomic E-state index is 6.31. The molecule has 0 bridgehead atoms. The van der Waals surface area contributed by atoms with Crippen molar-refractivity contribution in [2.45, 2.75) is 58.1 Å². The van der Waals surface area contributed by atoms with Crippen LogP contribution in [0.15, 0.2) is 18.2 Å². The molecule has 2 aliphatic rings. The van der Waals surface area contributed by atoms with E-state index < -0.39 is 0 Å². The van der Waals surface area contributed by atoms with Crippen LogP contribution in [0.4, 0.5) is 0 Å². The lowest BCUT2D eigenvalue weighted by atomic mass is 9.88. The van der Waals surface area contributed by atoms with E-state index in [1.54, 1.807) is 0 Å². The number of aryl methyl sites for hydroxylation is 1. The van der Waals surface area contributed by atoms with Gasteiger partial charge >= 0.3 is 0 Å². The summed E-state index contributed by atoms with van der Waals surface area (Å²) in [5.41, 5.74) is 2.68. The molecule has 2 unspecified atom stereocenters. The molecule has 19 heavy (non-hydrogen) atoms. The Morgan fingerprint density at radius 2 is 2.05 bits per heavy atom. The van der Waals surface area contributed by atoms with Crippen molar-refractivity contribution in [2.24, 2.45) is 5.92 Å². The second kappa shape index (κ2) is 5.54. The highest BCUT2D eigenvalue weighted by Gasteiger charge is 2.34. The first-order valence-electron chi connectivity index (χ1n) is 7.78. The molecule has 2 atom stereocenters. The van der Waals surface area contributed by atoms with Gasteiger partial charge in [-0.25, -0.2) is 0 Å². The molecule has 1 aromatic carbocycles. The largest absolute Gasteiger partial charge is 0.490 e. The third-order valence-electron chi connectivity index (χ3n) is 4.66. The highest BCUT2D eigenvalue weighted by molar-refractivity contribution is 5.41. The van der Waals surface area contributed by atoms with E-state index in [1.165, 1.54) is 36.8 Å². The number of rotatable bonds is 3. The highest BCUT2D eigenvalue weighted by atomic mass is 16.5. The van der Waals surface area contributed by atoms with Gasteiger partial charge in [0.1, 0.15) is 11.9 Å². The molecule has 1 aromatic rings. The third-order valence-corrected chi connectivity index (χ3v) is 4.66. The number of hydrogen-bond donors (Lipinski definition) is 1. The molecule has 2 nitrogen and oxygen atoms in total. The van der Waals surface area contributed by atoms with Gasteiger partial charge < -0.3 is 10.1 Å². The zero-order valence-corrected chi connectivity index (χ0v) is 12.1. The molecule has 0 aromatic heterocycles. The van der Waals surface area contributed by atoms with Gasteiger partial charge in [0.15, 0.2) is 0 Å². The van der Waals surface area contributed by atoms with Crippen LogP contribution in [0.3, 0.4) is 0 Å². The van der Waals surface area contributed by atoms with Crippen molar-refractivity contribution < 1.29 is 4.74 Å². The molecule has 0 saturated heterocycles. The van der Waals surface area contributed by atoms with Gasteiger partial charge in [0.25, 0.3) is 0 Å². The van der Waals surface area contributed by atoms with E-state index in [4.69, 9.17) is 4.74 Å². The Morgan fingerprint density at radius 3 is 2.79 bits per heavy atom. The van der Waals surface area contributed by atoms with Crippen molar-refractivity contribution in [1.82, 2.24) is 5.32 Å². The molecule has 0 radical (unpaired) electrons. The first-order chi connectivity index (χ1) is 9.28. The van der Waals surface area contributed by atoms with Gasteiger partial charge in [0.2, 0.25) is 0 Å². The summed E-state index contributed by atoms with van der Waals surface area (Å²) in [4.78, 5) is 0. The van der Waals surface area contributed by atoms with Gasteiger partial charge in [-0.1, -0.05) is 37.5 Å². The first kappa shape index (κ1) is 13.0. The molecule has 104 valence electrons. The fraction of sp³-hybridized carbons (Fsp3) is 0.647. The second-order valence-corrected chi connectivity index (χ2v) is 6.09. The Labute approximate surface area is 116 Å². The summed E-state index contributed by atoms with van der Waals surface area (Å²) in [5.74, 6) is 1.88. The number of fused-ring (bicyclic) bond motifs is 1. The lowest BCUT2D eigenvalue weighted by Crippen LogP contribution is -2.36. The number of nitrogens with one attached hydrogen (secondary N) is 1. The summed E-state index contributed by atoms with van der Waals surface area (Å²) in [6.45, 7) is 5.37. The molecule has 3 rings (SSSR count). The Kier molecular flexibility index (Phi) is 3.79. The van der Waals surface area contributed by atoms with E-state index in [2.05, 4.69) is 37.4 Å². The van der Waals surface area contributed by atoms with E-state index in [1.807, 2.05) is 0 Å². The monoisotopic (exact) mass is 259 g/mol. The summed E-state index contributed by atoms with van der Waals surface area (Å²) < 4.78 is 6.31. The van der Waals surface area contributed by atoms with Crippen molar-refractivity contribution >= 4 is 0 Å². The van der Waals surface area contributed by atoms with Crippen LogP contribution < -0.4 is 10.1 Å². The third kappa shape index (κ3) is 2.64. The molecule has 0 spiro atoms. The Hall–Kier alpha value is -1.02. The molecule has 1 aliphatic carbocycles. The summed E-state index contributed by atoms with van der Waals surface area (Å²) in [5, 5.41) is 3.64. The van der Waals surface area contributed by atoms with Crippen LogP contribution in [0.2, 0.25) is 0 Å². The standard InChI is InChI=1S/C17H25NO/c1-3-18-15-11-17(13-6-4-5-7-13)19-16-9-8-12(2)10-14(15)16/h8-10,13,15,17-18H,3-7,11H2,1-2H3. The minimum absolute atomic E-state index is 0.418. The Morgan fingerprint density at radius 1 is 1.26 bits per heavy atom.